The number of thioether (sulfide) groups is 1. The fraction of sp³-hybridized carbons (Fsp3) is 0.812. The number of carbonyl (C=O) groups is 1. The second-order valence-corrected chi connectivity index (χ2v) is 6.26. The molecule has 0 spiro atoms. The average Bonchev–Trinajstić information content (AvgIpc) is 2.42. The molecule has 0 radical (unpaired) electrons. The van der Waals surface area contributed by atoms with Crippen LogP contribution in [0.2, 0.25) is 0 Å². The van der Waals surface area contributed by atoms with Gasteiger partial charge in [-0.25, -0.2) is 0 Å². The van der Waals surface area contributed by atoms with Gasteiger partial charge >= 0.3 is 5.97 Å². The Bertz CT molecular complexity index is 284. The van der Waals surface area contributed by atoms with Gasteiger partial charge in [0, 0.05) is 6.54 Å². The number of rotatable bonds is 13. The molecule has 0 aliphatic rings. The first-order valence-corrected chi connectivity index (χ1v) is 9.06. The number of nitrogens with zero attached hydrogens (tertiary/aromatic N) is 1. The topological polar surface area (TPSA) is 40.5 Å². The summed E-state index contributed by atoms with van der Waals surface area (Å²) in [6.07, 6.45) is 9.54. The summed E-state index contributed by atoms with van der Waals surface area (Å²) in [7, 11) is 0. The molecule has 20 heavy (non-hydrogen) atoms. The first-order chi connectivity index (χ1) is 9.58. The van der Waals surface area contributed by atoms with Crippen molar-refractivity contribution in [2.24, 2.45) is 0 Å². The lowest BCUT2D eigenvalue weighted by Gasteiger charge is -2.40. The van der Waals surface area contributed by atoms with Crippen LogP contribution in [-0.4, -0.2) is 46.6 Å². The van der Waals surface area contributed by atoms with Crippen LogP contribution >= 0.6 is 11.8 Å². The quantitative estimate of drug-likeness (QED) is 0.412. The molecule has 1 atom stereocenters. The Balaban J connectivity index is 5.12. The number of hydrogen-bond acceptors (Lipinski definition) is 3. The molecule has 0 aromatic heterocycles. The molecule has 0 heterocycles. The van der Waals surface area contributed by atoms with Crippen LogP contribution in [0, 0.1) is 0 Å². The van der Waals surface area contributed by atoms with E-state index in [9.17, 15) is 9.90 Å². The van der Waals surface area contributed by atoms with Crippen LogP contribution in [0.3, 0.4) is 0 Å². The number of hydrogen-bond donors (Lipinski definition) is 1. The van der Waals surface area contributed by atoms with E-state index in [2.05, 4.69) is 25.3 Å². The zero-order valence-corrected chi connectivity index (χ0v) is 14.2. The largest absolute Gasteiger partial charge is 0.480 e. The lowest BCUT2D eigenvalue weighted by molar-refractivity contribution is -0.152. The van der Waals surface area contributed by atoms with Crippen LogP contribution in [0.5, 0.6) is 0 Å². The van der Waals surface area contributed by atoms with Gasteiger partial charge in [0.25, 0.3) is 0 Å². The molecule has 0 aliphatic heterocycles. The van der Waals surface area contributed by atoms with Crippen LogP contribution in [0.1, 0.15) is 52.4 Å². The van der Waals surface area contributed by atoms with Gasteiger partial charge in [-0.05, 0) is 37.8 Å². The van der Waals surface area contributed by atoms with Gasteiger partial charge in [0.1, 0.15) is 5.54 Å². The monoisotopic (exact) mass is 301 g/mol. The first-order valence-electron chi connectivity index (χ1n) is 7.67. The maximum absolute atomic E-state index is 12.0. The summed E-state index contributed by atoms with van der Waals surface area (Å²) in [4.78, 5) is 14.1. The van der Waals surface area contributed by atoms with Crippen molar-refractivity contribution >= 4 is 17.7 Å². The van der Waals surface area contributed by atoms with Crippen molar-refractivity contribution in [1.82, 2.24) is 4.90 Å². The van der Waals surface area contributed by atoms with Gasteiger partial charge in [-0.15, -0.1) is 6.58 Å². The summed E-state index contributed by atoms with van der Waals surface area (Å²) in [6.45, 7) is 9.54. The highest BCUT2D eigenvalue weighted by atomic mass is 32.2. The van der Waals surface area contributed by atoms with Crippen LogP contribution in [0.4, 0.5) is 0 Å². The highest BCUT2D eigenvalue weighted by Crippen LogP contribution is 2.28. The Morgan fingerprint density at radius 3 is 2.45 bits per heavy atom. The third-order valence-electron chi connectivity index (χ3n) is 3.77. The van der Waals surface area contributed by atoms with E-state index in [0.29, 0.717) is 19.4 Å². The maximum atomic E-state index is 12.0. The predicted molar refractivity (Wildman–Crippen MR) is 89.6 cm³/mol. The standard InChI is InChI=1S/C16H31NO2S/c1-5-8-9-13-17(12-7-3)16(10-6-2,15(18)19)11-14-20-4/h7H,3,5-6,8-14H2,1-2,4H3,(H,18,19). The second-order valence-electron chi connectivity index (χ2n) is 5.27. The first kappa shape index (κ1) is 19.5. The van der Waals surface area contributed by atoms with Gasteiger partial charge in [0.05, 0.1) is 0 Å². The van der Waals surface area contributed by atoms with Crippen molar-refractivity contribution in [1.29, 1.82) is 0 Å². The summed E-state index contributed by atoms with van der Waals surface area (Å²) in [6, 6.07) is 0. The third kappa shape index (κ3) is 5.88. The number of carboxylic acid groups (broad SMARTS) is 1. The van der Waals surface area contributed by atoms with Crippen LogP contribution < -0.4 is 0 Å². The third-order valence-corrected chi connectivity index (χ3v) is 4.38. The lowest BCUT2D eigenvalue weighted by atomic mass is 9.88. The minimum absolute atomic E-state index is 0.657. The molecule has 0 amide bonds. The summed E-state index contributed by atoms with van der Waals surface area (Å²) < 4.78 is 0. The molecule has 0 fully saturated rings. The van der Waals surface area contributed by atoms with E-state index in [0.717, 1.165) is 38.0 Å². The zero-order valence-electron chi connectivity index (χ0n) is 13.4. The molecule has 0 aliphatic carbocycles. The summed E-state index contributed by atoms with van der Waals surface area (Å²) >= 11 is 1.72. The normalized spacial score (nSPS) is 14.2. The van der Waals surface area contributed by atoms with E-state index in [-0.39, 0.29) is 0 Å². The smallest absolute Gasteiger partial charge is 0.324 e. The Kier molecular flexibility index (Phi) is 10.9. The van der Waals surface area contributed by atoms with E-state index in [4.69, 9.17) is 0 Å². The molecular formula is C16H31NO2S. The number of unbranched alkanes of at least 4 members (excludes halogenated alkanes) is 2. The van der Waals surface area contributed by atoms with Crippen molar-refractivity contribution in [3.05, 3.63) is 12.7 Å². The Morgan fingerprint density at radius 1 is 1.30 bits per heavy atom. The molecule has 3 nitrogen and oxygen atoms in total. The van der Waals surface area contributed by atoms with E-state index in [1.807, 2.05) is 12.3 Å². The maximum Gasteiger partial charge on any atom is 0.324 e. The number of carboxylic acids is 1. The number of aliphatic carboxylic acids is 1. The molecular weight excluding hydrogens is 270 g/mol. The van der Waals surface area contributed by atoms with Gasteiger partial charge in [0.15, 0.2) is 0 Å². The minimum Gasteiger partial charge on any atom is -0.480 e. The minimum atomic E-state index is -0.723. The highest BCUT2D eigenvalue weighted by Gasteiger charge is 2.42. The van der Waals surface area contributed by atoms with Gasteiger partial charge < -0.3 is 5.11 Å². The average molecular weight is 301 g/mol. The molecule has 0 aromatic carbocycles. The van der Waals surface area contributed by atoms with Crippen LogP contribution in [0.25, 0.3) is 0 Å². The summed E-state index contributed by atoms with van der Waals surface area (Å²) in [5.74, 6) is 0.208. The van der Waals surface area contributed by atoms with Crippen molar-refractivity contribution in [3.63, 3.8) is 0 Å². The van der Waals surface area contributed by atoms with Crippen molar-refractivity contribution < 1.29 is 9.90 Å². The van der Waals surface area contributed by atoms with Crippen molar-refractivity contribution in [2.75, 3.05) is 25.1 Å². The highest BCUT2D eigenvalue weighted by molar-refractivity contribution is 7.98. The zero-order chi connectivity index (χ0) is 15.4. The Hall–Kier alpha value is -0.480. The second kappa shape index (κ2) is 11.2. The lowest BCUT2D eigenvalue weighted by Crippen LogP contribution is -2.55. The van der Waals surface area contributed by atoms with Gasteiger partial charge in [0.2, 0.25) is 0 Å². The van der Waals surface area contributed by atoms with E-state index >= 15 is 0 Å². The molecule has 1 unspecified atom stereocenters. The van der Waals surface area contributed by atoms with Crippen LogP contribution in [0.15, 0.2) is 12.7 Å². The van der Waals surface area contributed by atoms with Gasteiger partial charge in [-0.1, -0.05) is 39.2 Å². The summed E-state index contributed by atoms with van der Waals surface area (Å²) in [5.41, 5.74) is -0.723. The molecule has 0 aromatic rings. The van der Waals surface area contributed by atoms with Crippen molar-refractivity contribution in [2.45, 2.75) is 57.9 Å². The van der Waals surface area contributed by atoms with E-state index in [1.165, 1.54) is 0 Å². The van der Waals surface area contributed by atoms with Crippen molar-refractivity contribution in [3.8, 4) is 0 Å². The molecule has 0 saturated carbocycles. The Morgan fingerprint density at radius 2 is 2.00 bits per heavy atom. The predicted octanol–water partition coefficient (Wildman–Crippen LogP) is 4.04. The molecule has 118 valence electrons. The molecule has 4 heteroatoms. The summed E-state index contributed by atoms with van der Waals surface area (Å²) in [5, 5.41) is 9.85. The molecule has 0 bridgehead atoms. The van der Waals surface area contributed by atoms with Gasteiger partial charge in [-0.3, -0.25) is 9.69 Å². The van der Waals surface area contributed by atoms with Crippen LogP contribution in [-0.2, 0) is 4.79 Å². The molecule has 0 rings (SSSR count). The fourth-order valence-corrected chi connectivity index (χ4v) is 3.21. The molecule has 1 N–H and O–H groups in total. The van der Waals surface area contributed by atoms with E-state index in [1.54, 1.807) is 11.8 Å². The SMILES string of the molecule is C=CCN(CCCCC)C(CCC)(CCSC)C(=O)O. The molecule has 0 saturated heterocycles. The Labute approximate surface area is 128 Å². The fourth-order valence-electron chi connectivity index (χ4n) is 2.66. The van der Waals surface area contributed by atoms with Gasteiger partial charge in [-0.2, -0.15) is 11.8 Å². The van der Waals surface area contributed by atoms with E-state index < -0.39 is 11.5 Å².